The van der Waals surface area contributed by atoms with E-state index in [1.54, 1.807) is 31.5 Å². The Bertz CT molecular complexity index is 489. The number of pyridine rings is 1. The molecule has 1 aromatic rings. The number of β-amino-alcohol motifs (C(OH)–C–C–N with tert-alkyl or cyclic N) is 1. The molecular formula is C14H18N2O4. The standard InChI is InChI=1S/C14H18N2O4/c1-9(17)8-16-12(18)5-4-11(14(19)20)13(16)10-3-2-6-15-7-10/h2-3,6-7,9,11,13,17H,4-5,8H2,1H3,(H,19,20). The first kappa shape index (κ1) is 14.5. The highest BCUT2D eigenvalue weighted by atomic mass is 16.4. The second-order valence-corrected chi connectivity index (χ2v) is 5.11. The molecule has 0 aromatic carbocycles. The van der Waals surface area contributed by atoms with Crippen molar-refractivity contribution in [2.75, 3.05) is 6.54 Å². The largest absolute Gasteiger partial charge is 0.481 e. The maximum atomic E-state index is 12.1. The van der Waals surface area contributed by atoms with Crippen molar-refractivity contribution in [3.8, 4) is 0 Å². The number of aliphatic hydroxyl groups excluding tert-OH is 1. The van der Waals surface area contributed by atoms with Gasteiger partial charge in [-0.15, -0.1) is 0 Å². The Kier molecular flexibility index (Phi) is 4.34. The Morgan fingerprint density at radius 1 is 1.60 bits per heavy atom. The quantitative estimate of drug-likeness (QED) is 0.851. The maximum absolute atomic E-state index is 12.1. The topological polar surface area (TPSA) is 90.7 Å². The molecule has 1 aliphatic rings. The predicted molar refractivity (Wildman–Crippen MR) is 70.7 cm³/mol. The smallest absolute Gasteiger partial charge is 0.308 e. The second-order valence-electron chi connectivity index (χ2n) is 5.11. The van der Waals surface area contributed by atoms with Crippen molar-refractivity contribution in [1.29, 1.82) is 0 Å². The fourth-order valence-corrected chi connectivity index (χ4v) is 2.67. The average molecular weight is 278 g/mol. The van der Waals surface area contributed by atoms with Crippen LogP contribution in [0.25, 0.3) is 0 Å². The summed E-state index contributed by atoms with van der Waals surface area (Å²) < 4.78 is 0. The highest BCUT2D eigenvalue weighted by Crippen LogP contribution is 2.36. The van der Waals surface area contributed by atoms with Gasteiger partial charge >= 0.3 is 5.97 Å². The van der Waals surface area contributed by atoms with Crippen molar-refractivity contribution in [1.82, 2.24) is 9.88 Å². The van der Waals surface area contributed by atoms with E-state index in [4.69, 9.17) is 0 Å². The molecule has 2 rings (SSSR count). The molecule has 20 heavy (non-hydrogen) atoms. The molecule has 0 radical (unpaired) electrons. The number of hydrogen-bond donors (Lipinski definition) is 2. The van der Waals surface area contributed by atoms with Gasteiger partial charge in [0, 0.05) is 25.4 Å². The minimum atomic E-state index is -0.929. The summed E-state index contributed by atoms with van der Waals surface area (Å²) in [5.41, 5.74) is 0.689. The van der Waals surface area contributed by atoms with Gasteiger partial charge in [0.2, 0.25) is 5.91 Å². The van der Waals surface area contributed by atoms with E-state index in [1.165, 1.54) is 4.90 Å². The van der Waals surface area contributed by atoms with E-state index < -0.39 is 24.0 Å². The summed E-state index contributed by atoms with van der Waals surface area (Å²) in [7, 11) is 0. The van der Waals surface area contributed by atoms with Crippen LogP contribution in [-0.4, -0.2) is 44.6 Å². The van der Waals surface area contributed by atoms with Crippen molar-refractivity contribution in [2.24, 2.45) is 5.92 Å². The lowest BCUT2D eigenvalue weighted by molar-refractivity contribution is -0.153. The summed E-state index contributed by atoms with van der Waals surface area (Å²) >= 11 is 0. The Balaban J connectivity index is 2.39. The molecule has 1 amide bonds. The van der Waals surface area contributed by atoms with Crippen LogP contribution in [0.2, 0.25) is 0 Å². The second kappa shape index (κ2) is 6.00. The lowest BCUT2D eigenvalue weighted by Crippen LogP contribution is -2.47. The number of carbonyl (C=O) groups excluding carboxylic acids is 1. The number of aliphatic hydroxyl groups is 1. The van der Waals surface area contributed by atoms with Gasteiger partial charge < -0.3 is 15.1 Å². The molecule has 0 spiro atoms. The van der Waals surface area contributed by atoms with Gasteiger partial charge in [0.15, 0.2) is 0 Å². The van der Waals surface area contributed by atoms with E-state index in [-0.39, 0.29) is 18.9 Å². The number of likely N-dealkylation sites (tertiary alicyclic amines) is 1. The number of carboxylic acids is 1. The van der Waals surface area contributed by atoms with Crippen LogP contribution in [0.4, 0.5) is 0 Å². The summed E-state index contributed by atoms with van der Waals surface area (Å²) in [6.45, 7) is 1.71. The average Bonchev–Trinajstić information content (AvgIpc) is 2.41. The molecule has 2 heterocycles. The third-order valence-electron chi connectivity index (χ3n) is 3.51. The third-order valence-corrected chi connectivity index (χ3v) is 3.51. The van der Waals surface area contributed by atoms with Crippen LogP contribution < -0.4 is 0 Å². The summed E-state index contributed by atoms with van der Waals surface area (Å²) in [5, 5.41) is 18.9. The van der Waals surface area contributed by atoms with Crippen molar-refractivity contribution >= 4 is 11.9 Å². The summed E-state index contributed by atoms with van der Waals surface area (Å²) in [6.07, 6.45) is 2.98. The number of piperidine rings is 1. The molecule has 2 N–H and O–H groups in total. The van der Waals surface area contributed by atoms with Gasteiger partial charge in [0.1, 0.15) is 0 Å². The van der Waals surface area contributed by atoms with Gasteiger partial charge in [0.05, 0.1) is 18.1 Å². The van der Waals surface area contributed by atoms with Gasteiger partial charge in [-0.3, -0.25) is 14.6 Å². The first-order valence-corrected chi connectivity index (χ1v) is 6.61. The van der Waals surface area contributed by atoms with Crippen LogP contribution in [0.15, 0.2) is 24.5 Å². The van der Waals surface area contributed by atoms with Gasteiger partial charge in [-0.2, -0.15) is 0 Å². The van der Waals surface area contributed by atoms with Gasteiger partial charge in [-0.05, 0) is 25.0 Å². The fraction of sp³-hybridized carbons (Fsp3) is 0.500. The van der Waals surface area contributed by atoms with Gasteiger partial charge in [-0.25, -0.2) is 0 Å². The van der Waals surface area contributed by atoms with Crippen LogP contribution in [0, 0.1) is 5.92 Å². The molecule has 1 fully saturated rings. The van der Waals surface area contributed by atoms with Crippen LogP contribution in [-0.2, 0) is 9.59 Å². The Hall–Kier alpha value is -1.95. The van der Waals surface area contributed by atoms with E-state index in [1.807, 2.05) is 0 Å². The zero-order valence-electron chi connectivity index (χ0n) is 11.3. The number of amides is 1. The monoisotopic (exact) mass is 278 g/mol. The Morgan fingerprint density at radius 3 is 2.90 bits per heavy atom. The maximum Gasteiger partial charge on any atom is 0.308 e. The fourth-order valence-electron chi connectivity index (χ4n) is 2.67. The SMILES string of the molecule is CC(O)CN1C(=O)CCC(C(=O)O)C1c1cccnc1. The number of aromatic nitrogens is 1. The van der Waals surface area contributed by atoms with E-state index in [0.29, 0.717) is 12.0 Å². The number of nitrogens with zero attached hydrogens (tertiary/aromatic N) is 2. The molecule has 3 unspecified atom stereocenters. The number of carboxylic acid groups (broad SMARTS) is 1. The molecule has 1 aromatic heterocycles. The molecular weight excluding hydrogens is 260 g/mol. The Morgan fingerprint density at radius 2 is 2.35 bits per heavy atom. The highest BCUT2D eigenvalue weighted by molar-refractivity contribution is 5.81. The van der Waals surface area contributed by atoms with Crippen LogP contribution in [0.1, 0.15) is 31.4 Å². The first-order valence-electron chi connectivity index (χ1n) is 6.61. The molecule has 3 atom stereocenters. The van der Waals surface area contributed by atoms with Crippen molar-refractivity contribution in [3.05, 3.63) is 30.1 Å². The zero-order valence-corrected chi connectivity index (χ0v) is 11.3. The Labute approximate surface area is 117 Å². The highest BCUT2D eigenvalue weighted by Gasteiger charge is 2.41. The van der Waals surface area contributed by atoms with E-state index >= 15 is 0 Å². The van der Waals surface area contributed by atoms with Crippen molar-refractivity contribution < 1.29 is 19.8 Å². The lowest BCUT2D eigenvalue weighted by atomic mass is 9.84. The number of aliphatic carboxylic acids is 1. The molecule has 0 saturated carbocycles. The minimum absolute atomic E-state index is 0.127. The zero-order chi connectivity index (χ0) is 14.7. The first-order chi connectivity index (χ1) is 9.50. The number of carbonyl (C=O) groups is 2. The predicted octanol–water partition coefficient (Wildman–Crippen LogP) is 0.827. The molecule has 1 aliphatic heterocycles. The summed E-state index contributed by atoms with van der Waals surface area (Å²) in [5.74, 6) is -1.73. The summed E-state index contributed by atoms with van der Waals surface area (Å²) in [4.78, 5) is 29.0. The van der Waals surface area contributed by atoms with E-state index in [0.717, 1.165) is 0 Å². The molecule has 0 bridgehead atoms. The molecule has 1 saturated heterocycles. The van der Waals surface area contributed by atoms with Crippen LogP contribution in [0.5, 0.6) is 0 Å². The number of rotatable bonds is 4. The summed E-state index contributed by atoms with van der Waals surface area (Å²) in [6, 6.07) is 2.91. The van der Waals surface area contributed by atoms with E-state index in [9.17, 15) is 19.8 Å². The van der Waals surface area contributed by atoms with E-state index in [2.05, 4.69) is 4.98 Å². The van der Waals surface area contributed by atoms with Crippen LogP contribution >= 0.6 is 0 Å². The molecule has 0 aliphatic carbocycles. The third kappa shape index (κ3) is 2.96. The van der Waals surface area contributed by atoms with Crippen LogP contribution in [0.3, 0.4) is 0 Å². The lowest BCUT2D eigenvalue weighted by Gasteiger charge is -2.40. The molecule has 108 valence electrons. The van der Waals surface area contributed by atoms with Crippen molar-refractivity contribution in [2.45, 2.75) is 31.9 Å². The minimum Gasteiger partial charge on any atom is -0.481 e. The van der Waals surface area contributed by atoms with Gasteiger partial charge in [-0.1, -0.05) is 6.07 Å². The molecule has 6 heteroatoms. The van der Waals surface area contributed by atoms with Crippen molar-refractivity contribution in [3.63, 3.8) is 0 Å². The normalized spacial score (nSPS) is 24.5. The number of hydrogen-bond acceptors (Lipinski definition) is 4. The molecule has 6 nitrogen and oxygen atoms in total. The van der Waals surface area contributed by atoms with Gasteiger partial charge in [0.25, 0.3) is 0 Å².